The summed E-state index contributed by atoms with van der Waals surface area (Å²) in [6, 6.07) is 1.17. The standard InChI is InChI=1S/C16H34N/c1-7-11-13(5)15(9-3)17-16(10-4)14(6)12-8-2/h13-16H,7-12H2,1-6H3. The maximum atomic E-state index is 5.15. The van der Waals surface area contributed by atoms with Crippen molar-refractivity contribution in [3.8, 4) is 0 Å². The largest absolute Gasteiger partial charge is 0.235 e. The number of hydrogen-bond acceptors (Lipinski definition) is 0. The van der Waals surface area contributed by atoms with Crippen LogP contribution < -0.4 is 5.32 Å². The molecule has 0 amide bonds. The minimum absolute atomic E-state index is 0.583. The molecule has 0 heterocycles. The van der Waals surface area contributed by atoms with Gasteiger partial charge in [-0.1, -0.05) is 54.4 Å². The normalized spacial score (nSPS) is 18.7. The molecular weight excluding hydrogens is 206 g/mol. The smallest absolute Gasteiger partial charge is 0.0272 e. The molecule has 0 aromatic rings. The van der Waals surface area contributed by atoms with Gasteiger partial charge in [-0.2, -0.15) is 0 Å². The van der Waals surface area contributed by atoms with Crippen LogP contribution >= 0.6 is 0 Å². The highest BCUT2D eigenvalue weighted by Gasteiger charge is 2.22. The van der Waals surface area contributed by atoms with Gasteiger partial charge >= 0.3 is 0 Å². The predicted molar refractivity (Wildman–Crippen MR) is 78.4 cm³/mol. The van der Waals surface area contributed by atoms with Crippen LogP contribution in [0.25, 0.3) is 0 Å². The zero-order valence-electron chi connectivity index (χ0n) is 13.0. The first-order chi connectivity index (χ1) is 8.10. The second-order valence-corrected chi connectivity index (χ2v) is 5.63. The van der Waals surface area contributed by atoms with E-state index in [4.69, 9.17) is 5.32 Å². The molecule has 0 bridgehead atoms. The molecule has 103 valence electrons. The number of rotatable bonds is 10. The van der Waals surface area contributed by atoms with Crippen LogP contribution in [0.1, 0.15) is 80.1 Å². The predicted octanol–water partition coefficient (Wildman–Crippen LogP) is 5.02. The molecule has 1 heteroatoms. The van der Waals surface area contributed by atoms with Gasteiger partial charge in [0.2, 0.25) is 0 Å². The Hall–Kier alpha value is -0.0400. The molecule has 0 aliphatic carbocycles. The zero-order valence-corrected chi connectivity index (χ0v) is 13.0. The molecule has 1 radical (unpaired) electrons. The lowest BCUT2D eigenvalue weighted by atomic mass is 9.90. The Balaban J connectivity index is 4.29. The highest BCUT2D eigenvalue weighted by Crippen LogP contribution is 2.20. The summed E-state index contributed by atoms with van der Waals surface area (Å²) in [4.78, 5) is 0. The second kappa shape index (κ2) is 9.94. The molecule has 4 unspecified atom stereocenters. The van der Waals surface area contributed by atoms with Crippen LogP contribution in [0.4, 0.5) is 0 Å². The SMILES string of the molecule is CCCC(C)C(CC)[N]C(CC)C(C)CCC. The van der Waals surface area contributed by atoms with Crippen molar-refractivity contribution in [1.29, 1.82) is 0 Å². The third kappa shape index (κ3) is 6.45. The van der Waals surface area contributed by atoms with Gasteiger partial charge < -0.3 is 0 Å². The maximum absolute atomic E-state index is 5.15. The Morgan fingerprint density at radius 1 is 0.706 bits per heavy atom. The van der Waals surface area contributed by atoms with E-state index in [0.717, 1.165) is 11.8 Å². The second-order valence-electron chi connectivity index (χ2n) is 5.63. The van der Waals surface area contributed by atoms with E-state index in [0.29, 0.717) is 12.1 Å². The molecule has 0 saturated heterocycles. The lowest BCUT2D eigenvalue weighted by Gasteiger charge is -2.30. The summed E-state index contributed by atoms with van der Waals surface area (Å²) in [5.41, 5.74) is 0. The molecule has 0 spiro atoms. The molecule has 0 saturated carbocycles. The van der Waals surface area contributed by atoms with Crippen molar-refractivity contribution in [2.75, 3.05) is 0 Å². The van der Waals surface area contributed by atoms with Crippen LogP contribution in [0.15, 0.2) is 0 Å². The van der Waals surface area contributed by atoms with E-state index >= 15 is 0 Å². The van der Waals surface area contributed by atoms with E-state index in [1.807, 2.05) is 0 Å². The highest BCUT2D eigenvalue weighted by atomic mass is 15.0. The third-order valence-electron chi connectivity index (χ3n) is 4.02. The van der Waals surface area contributed by atoms with Crippen molar-refractivity contribution in [3.63, 3.8) is 0 Å². The molecule has 0 aromatic heterocycles. The fraction of sp³-hybridized carbons (Fsp3) is 1.00. The zero-order chi connectivity index (χ0) is 13.3. The van der Waals surface area contributed by atoms with Crippen LogP contribution in [-0.4, -0.2) is 12.1 Å². The van der Waals surface area contributed by atoms with Gasteiger partial charge in [-0.25, -0.2) is 5.32 Å². The van der Waals surface area contributed by atoms with E-state index in [1.54, 1.807) is 0 Å². The van der Waals surface area contributed by atoms with Crippen molar-refractivity contribution >= 4 is 0 Å². The van der Waals surface area contributed by atoms with Gasteiger partial charge in [-0.15, -0.1) is 0 Å². The maximum Gasteiger partial charge on any atom is 0.0272 e. The van der Waals surface area contributed by atoms with Crippen molar-refractivity contribution in [2.45, 2.75) is 92.2 Å². The molecule has 0 fully saturated rings. The van der Waals surface area contributed by atoms with Crippen molar-refractivity contribution in [1.82, 2.24) is 5.32 Å². The van der Waals surface area contributed by atoms with Gasteiger partial charge in [0.15, 0.2) is 0 Å². The van der Waals surface area contributed by atoms with Crippen molar-refractivity contribution < 1.29 is 0 Å². The van der Waals surface area contributed by atoms with Crippen molar-refractivity contribution in [3.05, 3.63) is 0 Å². The molecule has 0 aliphatic rings. The van der Waals surface area contributed by atoms with Gasteiger partial charge in [0.1, 0.15) is 0 Å². The lowest BCUT2D eigenvalue weighted by molar-refractivity contribution is 0.251. The monoisotopic (exact) mass is 240 g/mol. The summed E-state index contributed by atoms with van der Waals surface area (Å²) in [6.07, 6.45) is 7.62. The summed E-state index contributed by atoms with van der Waals surface area (Å²) in [5.74, 6) is 1.51. The average molecular weight is 240 g/mol. The van der Waals surface area contributed by atoms with E-state index in [-0.39, 0.29) is 0 Å². The first-order valence-corrected chi connectivity index (χ1v) is 7.80. The van der Waals surface area contributed by atoms with Crippen LogP contribution in [0.5, 0.6) is 0 Å². The molecular formula is C16H34N. The Kier molecular flexibility index (Phi) is 9.91. The summed E-state index contributed by atoms with van der Waals surface area (Å²) in [6.45, 7) is 13.9. The summed E-state index contributed by atoms with van der Waals surface area (Å²) < 4.78 is 0. The Morgan fingerprint density at radius 2 is 1.06 bits per heavy atom. The van der Waals surface area contributed by atoms with Crippen LogP contribution in [-0.2, 0) is 0 Å². The first-order valence-electron chi connectivity index (χ1n) is 7.80. The van der Waals surface area contributed by atoms with Gasteiger partial charge in [-0.3, -0.25) is 0 Å². The first kappa shape index (κ1) is 17.0. The molecule has 1 nitrogen and oxygen atoms in total. The Bertz CT molecular complexity index is 149. The van der Waals surface area contributed by atoms with Crippen LogP contribution in [0.2, 0.25) is 0 Å². The minimum Gasteiger partial charge on any atom is -0.235 e. The third-order valence-corrected chi connectivity index (χ3v) is 4.02. The van der Waals surface area contributed by atoms with E-state index in [2.05, 4.69) is 41.5 Å². The van der Waals surface area contributed by atoms with Gasteiger partial charge in [0.25, 0.3) is 0 Å². The number of hydrogen-bond donors (Lipinski definition) is 0. The highest BCUT2D eigenvalue weighted by molar-refractivity contribution is 4.79. The summed E-state index contributed by atoms with van der Waals surface area (Å²) in [5, 5.41) is 5.15. The lowest BCUT2D eigenvalue weighted by Crippen LogP contribution is -2.39. The minimum atomic E-state index is 0.583. The van der Waals surface area contributed by atoms with Crippen LogP contribution in [0.3, 0.4) is 0 Å². The van der Waals surface area contributed by atoms with E-state index < -0.39 is 0 Å². The Labute approximate surface area is 110 Å². The van der Waals surface area contributed by atoms with Crippen LogP contribution in [0, 0.1) is 11.8 Å². The van der Waals surface area contributed by atoms with Gasteiger partial charge in [-0.05, 0) is 37.5 Å². The quantitative estimate of drug-likeness (QED) is 0.509. The fourth-order valence-electron chi connectivity index (χ4n) is 2.85. The van der Waals surface area contributed by atoms with Gasteiger partial charge in [0, 0.05) is 12.1 Å². The topological polar surface area (TPSA) is 14.1 Å². The number of nitrogens with zero attached hydrogens (tertiary/aromatic N) is 1. The summed E-state index contributed by atoms with van der Waals surface area (Å²) in [7, 11) is 0. The summed E-state index contributed by atoms with van der Waals surface area (Å²) >= 11 is 0. The fourth-order valence-corrected chi connectivity index (χ4v) is 2.85. The van der Waals surface area contributed by atoms with E-state index in [9.17, 15) is 0 Å². The molecule has 0 aliphatic heterocycles. The Morgan fingerprint density at radius 3 is 1.29 bits per heavy atom. The molecule has 17 heavy (non-hydrogen) atoms. The average Bonchev–Trinajstić information content (AvgIpc) is 2.31. The molecule has 0 N–H and O–H groups in total. The van der Waals surface area contributed by atoms with Gasteiger partial charge in [0.05, 0.1) is 0 Å². The molecule has 0 rings (SSSR count). The molecule has 0 aromatic carbocycles. The van der Waals surface area contributed by atoms with E-state index in [1.165, 1.54) is 38.5 Å². The molecule has 4 atom stereocenters. The van der Waals surface area contributed by atoms with Crippen molar-refractivity contribution in [2.24, 2.45) is 11.8 Å².